The quantitative estimate of drug-likeness (QED) is 0.426. The van der Waals surface area contributed by atoms with Crippen LogP contribution < -0.4 is 11.2 Å². The Balaban J connectivity index is 1.82. The minimum absolute atomic E-state index is 0.159. The maximum atomic E-state index is 13.0. The van der Waals surface area contributed by atoms with Crippen LogP contribution in [0.2, 0.25) is 0 Å². The van der Waals surface area contributed by atoms with Gasteiger partial charge in [-0.25, -0.2) is 9.78 Å². The molecule has 0 unspecified atom stereocenters. The van der Waals surface area contributed by atoms with Crippen molar-refractivity contribution >= 4 is 34.5 Å². The Labute approximate surface area is 161 Å². The molecule has 0 saturated heterocycles. The van der Waals surface area contributed by atoms with Crippen LogP contribution in [0.5, 0.6) is 0 Å². The highest BCUT2D eigenvalue weighted by Crippen LogP contribution is 2.33. The molecule has 2 aromatic carbocycles. The van der Waals surface area contributed by atoms with Gasteiger partial charge in [-0.15, -0.1) is 11.3 Å². The Hall–Kier alpha value is -3.40. The van der Waals surface area contributed by atoms with Gasteiger partial charge in [0.2, 0.25) is 5.13 Å². The molecule has 0 spiro atoms. The number of hydrazone groups is 1. The predicted octanol–water partition coefficient (Wildman–Crippen LogP) is 4.56. The zero-order valence-electron chi connectivity index (χ0n) is 14.1. The first-order valence-electron chi connectivity index (χ1n) is 7.78. The van der Waals surface area contributed by atoms with Crippen molar-refractivity contribution in [3.8, 4) is 11.1 Å². The van der Waals surface area contributed by atoms with Crippen molar-refractivity contribution in [1.82, 2.24) is 4.98 Å². The first kappa shape index (κ1) is 19.4. The van der Waals surface area contributed by atoms with Crippen molar-refractivity contribution < 1.29 is 23.1 Å². The minimum Gasteiger partial charge on any atom is -0.478 e. The summed E-state index contributed by atoms with van der Waals surface area (Å²) in [6, 6.07) is 9.21. The zero-order chi connectivity index (χ0) is 20.3. The smallest absolute Gasteiger partial charge is 0.416 e. The van der Waals surface area contributed by atoms with Crippen molar-refractivity contribution in [2.24, 2.45) is 5.10 Å². The number of hydrogen-bond donors (Lipinski definition) is 3. The molecule has 1 heterocycles. The van der Waals surface area contributed by atoms with Crippen molar-refractivity contribution in [2.45, 2.75) is 6.18 Å². The number of anilines is 2. The molecule has 28 heavy (non-hydrogen) atoms. The lowest BCUT2D eigenvalue weighted by Crippen LogP contribution is -2.08. The summed E-state index contributed by atoms with van der Waals surface area (Å²) in [5.41, 5.74) is 8.07. The van der Waals surface area contributed by atoms with Crippen molar-refractivity contribution in [1.29, 1.82) is 0 Å². The zero-order valence-corrected chi connectivity index (χ0v) is 14.9. The molecule has 0 aliphatic carbocycles. The molecule has 6 nitrogen and oxygen atoms in total. The van der Waals surface area contributed by atoms with Crippen molar-refractivity contribution in [3.63, 3.8) is 0 Å². The maximum absolute atomic E-state index is 13.0. The number of benzene rings is 2. The summed E-state index contributed by atoms with van der Waals surface area (Å²) >= 11 is 1.29. The Morgan fingerprint density at radius 2 is 1.89 bits per heavy atom. The van der Waals surface area contributed by atoms with Gasteiger partial charge in [0.15, 0.2) is 0 Å². The number of aromatic nitrogens is 1. The third-order valence-electron chi connectivity index (χ3n) is 3.65. The summed E-state index contributed by atoms with van der Waals surface area (Å²) in [6.45, 7) is 0. The van der Waals surface area contributed by atoms with E-state index in [0.717, 1.165) is 6.07 Å². The molecule has 0 aliphatic heterocycles. The third kappa shape index (κ3) is 4.65. The number of carboxylic acids is 1. The van der Waals surface area contributed by atoms with Gasteiger partial charge in [-0.1, -0.05) is 24.3 Å². The number of nitrogens with one attached hydrogen (secondary N) is 1. The third-order valence-corrected chi connectivity index (χ3v) is 4.41. The Bertz CT molecular complexity index is 1030. The Kier molecular flexibility index (Phi) is 5.32. The van der Waals surface area contributed by atoms with Gasteiger partial charge < -0.3 is 10.8 Å². The van der Waals surface area contributed by atoms with Gasteiger partial charge in [0.05, 0.1) is 17.3 Å². The molecule has 0 amide bonds. The van der Waals surface area contributed by atoms with E-state index in [2.05, 4.69) is 15.5 Å². The van der Waals surface area contributed by atoms with Gasteiger partial charge in [-0.05, 0) is 34.9 Å². The molecule has 3 aromatic rings. The first-order valence-corrected chi connectivity index (χ1v) is 8.66. The van der Waals surface area contributed by atoms with Gasteiger partial charge in [0.1, 0.15) is 5.82 Å². The SMILES string of the molecule is Nc1csc(NN=Cc2ccc(-c3cc(C(=O)O)cc(C(F)(F)F)c3)cc2)n1. The Morgan fingerprint density at radius 3 is 2.46 bits per heavy atom. The van der Waals surface area contributed by atoms with Crippen LogP contribution in [0.3, 0.4) is 0 Å². The van der Waals surface area contributed by atoms with E-state index in [1.807, 2.05) is 0 Å². The van der Waals surface area contributed by atoms with E-state index in [1.54, 1.807) is 29.6 Å². The van der Waals surface area contributed by atoms with Crippen LogP contribution in [-0.2, 0) is 6.18 Å². The van der Waals surface area contributed by atoms with E-state index in [0.29, 0.717) is 28.1 Å². The molecule has 0 atom stereocenters. The fourth-order valence-electron chi connectivity index (χ4n) is 2.34. The molecule has 144 valence electrons. The van der Waals surface area contributed by atoms with Crippen molar-refractivity contribution in [3.05, 3.63) is 64.5 Å². The molecule has 0 bridgehead atoms. The molecular weight excluding hydrogens is 393 g/mol. The lowest BCUT2D eigenvalue weighted by atomic mass is 9.98. The average molecular weight is 406 g/mol. The molecular formula is C18H13F3N4O2S. The summed E-state index contributed by atoms with van der Waals surface area (Å²) in [4.78, 5) is 15.1. The lowest BCUT2D eigenvalue weighted by molar-refractivity contribution is -0.137. The summed E-state index contributed by atoms with van der Waals surface area (Å²) < 4.78 is 39.1. The summed E-state index contributed by atoms with van der Waals surface area (Å²) in [5, 5.41) is 15.3. The maximum Gasteiger partial charge on any atom is 0.416 e. The second kappa shape index (κ2) is 7.69. The number of aromatic carboxylic acids is 1. The lowest BCUT2D eigenvalue weighted by Gasteiger charge is -2.11. The number of nitrogens with two attached hydrogens (primary N) is 1. The van der Waals surface area contributed by atoms with Crippen LogP contribution in [0, 0.1) is 0 Å². The number of hydrogen-bond acceptors (Lipinski definition) is 6. The van der Waals surface area contributed by atoms with E-state index in [-0.39, 0.29) is 5.56 Å². The molecule has 0 saturated carbocycles. The normalized spacial score (nSPS) is 11.7. The number of carboxylic acid groups (broad SMARTS) is 1. The minimum atomic E-state index is -4.64. The summed E-state index contributed by atoms with van der Waals surface area (Å²) in [6.07, 6.45) is -3.13. The molecule has 0 fully saturated rings. The van der Waals surface area contributed by atoms with Gasteiger partial charge in [0, 0.05) is 5.38 Å². The summed E-state index contributed by atoms with van der Waals surface area (Å²) in [5.74, 6) is -1.04. The van der Waals surface area contributed by atoms with Crippen LogP contribution in [0.1, 0.15) is 21.5 Å². The molecule has 0 aliphatic rings. The van der Waals surface area contributed by atoms with E-state index in [9.17, 15) is 18.0 Å². The fraction of sp³-hybridized carbons (Fsp3) is 0.0556. The van der Waals surface area contributed by atoms with Crippen LogP contribution in [-0.4, -0.2) is 22.3 Å². The monoisotopic (exact) mass is 406 g/mol. The van der Waals surface area contributed by atoms with Gasteiger partial charge in [0.25, 0.3) is 0 Å². The van der Waals surface area contributed by atoms with Crippen LogP contribution in [0.25, 0.3) is 11.1 Å². The van der Waals surface area contributed by atoms with E-state index in [1.165, 1.54) is 23.6 Å². The number of halogens is 3. The molecule has 4 N–H and O–H groups in total. The topological polar surface area (TPSA) is 101 Å². The van der Waals surface area contributed by atoms with Gasteiger partial charge >= 0.3 is 12.1 Å². The highest BCUT2D eigenvalue weighted by Gasteiger charge is 2.31. The number of thiazole rings is 1. The highest BCUT2D eigenvalue weighted by atomic mass is 32.1. The molecule has 10 heteroatoms. The largest absolute Gasteiger partial charge is 0.478 e. The van der Waals surface area contributed by atoms with Crippen LogP contribution in [0.15, 0.2) is 52.9 Å². The van der Waals surface area contributed by atoms with Crippen molar-refractivity contribution in [2.75, 3.05) is 11.2 Å². The number of nitrogen functional groups attached to an aromatic ring is 1. The second-order valence-electron chi connectivity index (χ2n) is 5.67. The van der Waals surface area contributed by atoms with E-state index < -0.39 is 23.3 Å². The molecule has 0 radical (unpaired) electrons. The number of rotatable bonds is 5. The fourth-order valence-corrected chi connectivity index (χ4v) is 2.89. The standard InChI is InChI=1S/C18H13F3N4O2S/c19-18(20,21)14-6-12(5-13(7-14)16(26)27)11-3-1-10(2-4-11)8-23-25-17-24-15(22)9-28-17/h1-9H,22H2,(H,24,25)(H,26,27). The van der Waals surface area contributed by atoms with E-state index >= 15 is 0 Å². The van der Waals surface area contributed by atoms with Gasteiger partial charge in [-0.3, -0.25) is 5.43 Å². The number of nitrogens with zero attached hydrogens (tertiary/aromatic N) is 2. The van der Waals surface area contributed by atoms with Gasteiger partial charge in [-0.2, -0.15) is 18.3 Å². The average Bonchev–Trinajstić information content (AvgIpc) is 3.06. The number of carbonyl (C=O) groups is 1. The second-order valence-corrected chi connectivity index (χ2v) is 6.53. The Morgan fingerprint density at radius 1 is 1.18 bits per heavy atom. The van der Waals surface area contributed by atoms with Crippen LogP contribution in [0.4, 0.5) is 24.1 Å². The predicted molar refractivity (Wildman–Crippen MR) is 102 cm³/mol. The van der Waals surface area contributed by atoms with E-state index in [4.69, 9.17) is 10.8 Å². The van der Waals surface area contributed by atoms with Crippen LogP contribution >= 0.6 is 11.3 Å². The first-order chi connectivity index (χ1) is 13.2. The highest BCUT2D eigenvalue weighted by molar-refractivity contribution is 7.14. The molecule has 1 aromatic heterocycles. The molecule has 3 rings (SSSR count). The summed E-state index contributed by atoms with van der Waals surface area (Å²) in [7, 11) is 0. The number of alkyl halides is 3.